The zero-order valence-electron chi connectivity index (χ0n) is 9.04. The summed E-state index contributed by atoms with van der Waals surface area (Å²) in [4.78, 5) is 0. The fourth-order valence-corrected chi connectivity index (χ4v) is 2.14. The Morgan fingerprint density at radius 3 is 2.46 bits per heavy atom. The average molecular weight is 182 g/mol. The van der Waals surface area contributed by atoms with Crippen molar-refractivity contribution in [2.75, 3.05) is 20.6 Å². The quantitative estimate of drug-likeness (QED) is 0.435. The van der Waals surface area contributed by atoms with Crippen LogP contribution in [-0.2, 0) is 0 Å². The molecule has 1 aliphatic rings. The molecular weight excluding hydrogens is 162 g/mol. The Kier molecular flexibility index (Phi) is 2.44. The van der Waals surface area contributed by atoms with Gasteiger partial charge in [-0.3, -0.25) is 0 Å². The highest BCUT2D eigenvalue weighted by Crippen LogP contribution is 2.33. The van der Waals surface area contributed by atoms with Crippen LogP contribution in [0.1, 0.15) is 20.3 Å². The topological polar surface area (TPSA) is 20.2 Å². The number of likely N-dealkylation sites (tertiary alicyclic amines) is 1. The Morgan fingerprint density at radius 2 is 2.00 bits per heavy atom. The molecule has 1 saturated heterocycles. The lowest BCUT2D eigenvalue weighted by Gasteiger charge is -2.48. The van der Waals surface area contributed by atoms with E-state index in [0.29, 0.717) is 12.5 Å². The third-order valence-electron chi connectivity index (χ3n) is 3.61. The predicted octanol–water partition coefficient (Wildman–Crippen LogP) is 0.855. The molecule has 1 N–H and O–H groups in total. The van der Waals surface area contributed by atoms with E-state index < -0.39 is 5.60 Å². The van der Waals surface area contributed by atoms with Crippen molar-refractivity contribution < 1.29 is 9.59 Å². The van der Waals surface area contributed by atoms with Gasteiger partial charge < -0.3 is 9.59 Å². The summed E-state index contributed by atoms with van der Waals surface area (Å²) >= 11 is 0. The average Bonchev–Trinajstić information content (AvgIpc) is 2.01. The summed E-state index contributed by atoms with van der Waals surface area (Å²) in [7, 11) is 4.38. The van der Waals surface area contributed by atoms with Gasteiger partial charge in [-0.25, -0.2) is 0 Å². The normalized spacial score (nSPS) is 44.0. The summed E-state index contributed by atoms with van der Waals surface area (Å²) in [6.07, 6.45) is 6.08. The monoisotopic (exact) mass is 182 g/mol. The van der Waals surface area contributed by atoms with Gasteiger partial charge in [0.15, 0.2) is 0 Å². The zero-order chi connectivity index (χ0) is 10.3. The maximum absolute atomic E-state index is 10.1. The van der Waals surface area contributed by atoms with Crippen molar-refractivity contribution in [3.8, 4) is 12.3 Å². The molecule has 0 amide bonds. The third-order valence-corrected chi connectivity index (χ3v) is 3.61. The lowest BCUT2D eigenvalue weighted by Crippen LogP contribution is -2.61. The molecule has 0 aromatic rings. The van der Waals surface area contributed by atoms with Gasteiger partial charge in [0.25, 0.3) is 0 Å². The highest BCUT2D eigenvalue weighted by Gasteiger charge is 2.46. The SMILES string of the molecule is C#C[C@]1(O)C[C@@H](C)[N+](C)(C)C[C@H]1C. The van der Waals surface area contributed by atoms with Gasteiger partial charge >= 0.3 is 0 Å². The van der Waals surface area contributed by atoms with E-state index in [2.05, 4.69) is 26.9 Å². The number of quaternary nitrogens is 1. The molecule has 1 fully saturated rings. The Labute approximate surface area is 81.1 Å². The molecule has 2 nitrogen and oxygen atoms in total. The van der Waals surface area contributed by atoms with Crippen molar-refractivity contribution in [3.63, 3.8) is 0 Å². The molecule has 0 radical (unpaired) electrons. The number of nitrogens with zero attached hydrogens (tertiary/aromatic N) is 1. The molecule has 0 spiro atoms. The van der Waals surface area contributed by atoms with E-state index in [1.54, 1.807) is 0 Å². The van der Waals surface area contributed by atoms with Gasteiger partial charge in [0, 0.05) is 12.3 Å². The lowest BCUT2D eigenvalue weighted by molar-refractivity contribution is -0.923. The first kappa shape index (κ1) is 10.6. The molecule has 0 bridgehead atoms. The Morgan fingerprint density at radius 1 is 1.46 bits per heavy atom. The Balaban J connectivity index is 2.87. The van der Waals surface area contributed by atoms with E-state index in [0.717, 1.165) is 11.0 Å². The number of terminal acetylenes is 1. The van der Waals surface area contributed by atoms with Crippen molar-refractivity contribution in [2.24, 2.45) is 5.92 Å². The molecule has 2 heteroatoms. The molecule has 13 heavy (non-hydrogen) atoms. The number of hydrogen-bond acceptors (Lipinski definition) is 1. The van der Waals surface area contributed by atoms with Crippen LogP contribution in [0.4, 0.5) is 0 Å². The lowest BCUT2D eigenvalue weighted by atomic mass is 9.79. The first-order valence-electron chi connectivity index (χ1n) is 4.84. The second kappa shape index (κ2) is 3.01. The first-order valence-corrected chi connectivity index (χ1v) is 4.84. The molecule has 0 saturated carbocycles. The molecule has 0 aliphatic carbocycles. The molecule has 1 aliphatic heterocycles. The van der Waals surface area contributed by atoms with Crippen LogP contribution in [0.3, 0.4) is 0 Å². The van der Waals surface area contributed by atoms with Gasteiger partial charge in [0.1, 0.15) is 5.60 Å². The van der Waals surface area contributed by atoms with Crippen LogP contribution in [0, 0.1) is 18.3 Å². The number of piperidine rings is 1. The fourth-order valence-electron chi connectivity index (χ4n) is 2.14. The largest absolute Gasteiger partial charge is 0.377 e. The van der Waals surface area contributed by atoms with Crippen molar-refractivity contribution in [3.05, 3.63) is 0 Å². The summed E-state index contributed by atoms with van der Waals surface area (Å²) < 4.78 is 0.950. The van der Waals surface area contributed by atoms with Crippen molar-refractivity contribution >= 4 is 0 Å². The number of rotatable bonds is 0. The second-order valence-corrected chi connectivity index (χ2v) is 4.98. The standard InChI is InChI=1S/C11H20NO/c1-6-11(13)7-10(3)12(4,5)8-9(11)2/h1,9-10,13H,7-8H2,2-5H3/q+1/t9-,10-,11+/m1/s1. The van der Waals surface area contributed by atoms with Crippen molar-refractivity contribution in [2.45, 2.75) is 31.9 Å². The van der Waals surface area contributed by atoms with Crippen molar-refractivity contribution in [1.82, 2.24) is 0 Å². The molecule has 3 atom stereocenters. The van der Waals surface area contributed by atoms with Crippen LogP contribution >= 0.6 is 0 Å². The van der Waals surface area contributed by atoms with Gasteiger partial charge in [0.2, 0.25) is 0 Å². The van der Waals surface area contributed by atoms with Crippen LogP contribution in [0.25, 0.3) is 0 Å². The molecule has 1 rings (SSSR count). The molecule has 0 aromatic carbocycles. The van der Waals surface area contributed by atoms with Gasteiger partial charge in [-0.1, -0.05) is 12.8 Å². The van der Waals surface area contributed by atoms with Gasteiger partial charge in [-0.15, -0.1) is 6.42 Å². The minimum Gasteiger partial charge on any atom is -0.377 e. The maximum atomic E-state index is 10.1. The van der Waals surface area contributed by atoms with E-state index in [1.807, 2.05) is 6.92 Å². The second-order valence-electron chi connectivity index (χ2n) is 4.98. The maximum Gasteiger partial charge on any atom is 0.138 e. The molecule has 0 unspecified atom stereocenters. The number of hydrogen-bond donors (Lipinski definition) is 1. The summed E-state index contributed by atoms with van der Waals surface area (Å²) in [5.74, 6) is 2.73. The summed E-state index contributed by atoms with van der Waals surface area (Å²) in [6, 6.07) is 0.428. The van der Waals surface area contributed by atoms with Crippen LogP contribution in [0.5, 0.6) is 0 Å². The Hall–Kier alpha value is -0.520. The molecule has 0 aromatic heterocycles. The van der Waals surface area contributed by atoms with Crippen LogP contribution in [0.2, 0.25) is 0 Å². The van der Waals surface area contributed by atoms with Crippen molar-refractivity contribution in [1.29, 1.82) is 0 Å². The molecular formula is C11H20NO+. The first-order chi connectivity index (χ1) is 5.82. The Bertz CT molecular complexity index is 241. The van der Waals surface area contributed by atoms with Crippen LogP contribution in [-0.4, -0.2) is 41.9 Å². The van der Waals surface area contributed by atoms with Gasteiger partial charge in [-0.2, -0.15) is 0 Å². The summed E-state index contributed by atoms with van der Waals surface area (Å²) in [5, 5.41) is 10.1. The fraction of sp³-hybridized carbons (Fsp3) is 0.818. The van der Waals surface area contributed by atoms with Crippen LogP contribution < -0.4 is 0 Å². The third kappa shape index (κ3) is 1.72. The van der Waals surface area contributed by atoms with E-state index in [9.17, 15) is 5.11 Å². The summed E-state index contributed by atoms with van der Waals surface area (Å²) in [5.41, 5.74) is -0.882. The minimum absolute atomic E-state index is 0.184. The smallest absolute Gasteiger partial charge is 0.138 e. The van der Waals surface area contributed by atoms with E-state index in [1.165, 1.54) is 0 Å². The number of aliphatic hydroxyl groups is 1. The summed E-state index contributed by atoms with van der Waals surface area (Å²) in [6.45, 7) is 5.13. The predicted molar refractivity (Wildman–Crippen MR) is 54.0 cm³/mol. The minimum atomic E-state index is -0.882. The highest BCUT2D eigenvalue weighted by molar-refractivity contribution is 5.11. The van der Waals surface area contributed by atoms with Gasteiger partial charge in [0.05, 0.1) is 26.7 Å². The van der Waals surface area contributed by atoms with Gasteiger partial charge in [-0.05, 0) is 6.92 Å². The molecule has 1 heterocycles. The van der Waals surface area contributed by atoms with E-state index in [4.69, 9.17) is 6.42 Å². The molecule has 74 valence electrons. The van der Waals surface area contributed by atoms with E-state index >= 15 is 0 Å². The highest BCUT2D eigenvalue weighted by atomic mass is 16.3. The van der Waals surface area contributed by atoms with Crippen LogP contribution in [0.15, 0.2) is 0 Å². The zero-order valence-corrected chi connectivity index (χ0v) is 9.04. The van der Waals surface area contributed by atoms with E-state index in [-0.39, 0.29) is 5.92 Å².